The molecule has 1 aliphatic carbocycles. The van der Waals surface area contributed by atoms with Crippen LogP contribution in [0.25, 0.3) is 0 Å². The van der Waals surface area contributed by atoms with Gasteiger partial charge in [0.15, 0.2) is 0 Å². The third-order valence-electron chi connectivity index (χ3n) is 4.65. The molecule has 1 fully saturated rings. The highest BCUT2D eigenvalue weighted by atomic mass is 16.3. The smallest absolute Gasteiger partial charge is 0.0558 e. The Morgan fingerprint density at radius 3 is 2.63 bits per heavy atom. The van der Waals surface area contributed by atoms with Gasteiger partial charge in [-0.1, -0.05) is 20.8 Å². The first-order valence-electron chi connectivity index (χ1n) is 8.11. The van der Waals surface area contributed by atoms with Gasteiger partial charge in [-0.05, 0) is 57.0 Å². The third kappa shape index (κ3) is 5.80. The summed E-state index contributed by atoms with van der Waals surface area (Å²) in [6.07, 6.45) is 5.25. The highest BCUT2D eigenvalue weighted by Crippen LogP contribution is 2.34. The van der Waals surface area contributed by atoms with E-state index < -0.39 is 0 Å². The van der Waals surface area contributed by atoms with E-state index in [1.54, 1.807) is 0 Å². The van der Waals surface area contributed by atoms with Crippen molar-refractivity contribution in [1.82, 2.24) is 10.2 Å². The number of nitrogens with zero attached hydrogens (tertiary/aromatic N) is 1. The molecule has 0 radical (unpaired) electrons. The van der Waals surface area contributed by atoms with E-state index in [0.29, 0.717) is 6.04 Å². The lowest BCUT2D eigenvalue weighted by molar-refractivity contribution is 0.122. The molecule has 1 saturated carbocycles. The summed E-state index contributed by atoms with van der Waals surface area (Å²) in [5.74, 6) is 2.43. The second-order valence-corrected chi connectivity index (χ2v) is 6.62. The van der Waals surface area contributed by atoms with E-state index in [0.717, 1.165) is 37.4 Å². The van der Waals surface area contributed by atoms with Crippen LogP contribution in [0.4, 0.5) is 0 Å². The van der Waals surface area contributed by atoms with E-state index in [-0.39, 0.29) is 6.61 Å². The van der Waals surface area contributed by atoms with E-state index >= 15 is 0 Å². The van der Waals surface area contributed by atoms with Crippen molar-refractivity contribution in [1.29, 1.82) is 0 Å². The Morgan fingerprint density at radius 2 is 2.05 bits per heavy atom. The largest absolute Gasteiger partial charge is 0.395 e. The first-order valence-corrected chi connectivity index (χ1v) is 8.11. The van der Waals surface area contributed by atoms with Crippen LogP contribution in [0.2, 0.25) is 0 Å². The van der Waals surface area contributed by atoms with Crippen LogP contribution < -0.4 is 5.32 Å². The SMILES string of the molecule is CCCNC1CCC(C(C)C)CC1CN(C)CCO. The molecule has 2 N–H and O–H groups in total. The number of nitrogens with one attached hydrogen (secondary N) is 1. The molecule has 3 atom stereocenters. The molecule has 0 amide bonds. The van der Waals surface area contributed by atoms with Gasteiger partial charge in [0.2, 0.25) is 0 Å². The maximum Gasteiger partial charge on any atom is 0.0558 e. The van der Waals surface area contributed by atoms with Crippen molar-refractivity contribution >= 4 is 0 Å². The van der Waals surface area contributed by atoms with Crippen molar-refractivity contribution in [2.24, 2.45) is 17.8 Å². The molecule has 19 heavy (non-hydrogen) atoms. The van der Waals surface area contributed by atoms with E-state index in [9.17, 15) is 0 Å². The molecule has 114 valence electrons. The van der Waals surface area contributed by atoms with Crippen molar-refractivity contribution in [2.75, 3.05) is 33.3 Å². The Kier molecular flexibility index (Phi) is 7.96. The third-order valence-corrected chi connectivity index (χ3v) is 4.65. The molecule has 0 bridgehead atoms. The first kappa shape index (κ1) is 16.9. The first-order chi connectivity index (χ1) is 9.08. The van der Waals surface area contributed by atoms with Crippen LogP contribution in [0.3, 0.4) is 0 Å². The highest BCUT2D eigenvalue weighted by Gasteiger charge is 2.31. The molecule has 1 rings (SSSR count). The number of aliphatic hydroxyl groups is 1. The van der Waals surface area contributed by atoms with Crippen LogP contribution in [0, 0.1) is 17.8 Å². The minimum Gasteiger partial charge on any atom is -0.395 e. The Balaban J connectivity index is 2.54. The molecule has 0 heterocycles. The highest BCUT2D eigenvalue weighted by molar-refractivity contribution is 4.87. The summed E-state index contributed by atoms with van der Waals surface area (Å²) in [6, 6.07) is 0.677. The Hall–Kier alpha value is -0.120. The molecule has 3 heteroatoms. The average molecular weight is 270 g/mol. The Labute approximate surface area is 119 Å². The quantitative estimate of drug-likeness (QED) is 0.711. The van der Waals surface area contributed by atoms with Crippen LogP contribution in [0.15, 0.2) is 0 Å². The average Bonchev–Trinajstić information content (AvgIpc) is 2.37. The number of hydrogen-bond donors (Lipinski definition) is 2. The lowest BCUT2D eigenvalue weighted by atomic mass is 9.73. The summed E-state index contributed by atoms with van der Waals surface area (Å²) in [5.41, 5.74) is 0. The minimum absolute atomic E-state index is 0.268. The Bertz CT molecular complexity index is 233. The number of rotatable bonds is 8. The van der Waals surface area contributed by atoms with Gasteiger partial charge in [-0.3, -0.25) is 0 Å². The van der Waals surface area contributed by atoms with Gasteiger partial charge >= 0.3 is 0 Å². The fourth-order valence-electron chi connectivity index (χ4n) is 3.37. The topological polar surface area (TPSA) is 35.5 Å². The lowest BCUT2D eigenvalue weighted by Gasteiger charge is -2.40. The van der Waals surface area contributed by atoms with Gasteiger partial charge in [-0.2, -0.15) is 0 Å². The van der Waals surface area contributed by atoms with Gasteiger partial charge in [0.1, 0.15) is 0 Å². The van der Waals surface area contributed by atoms with Crippen LogP contribution >= 0.6 is 0 Å². The molecule has 0 aromatic heterocycles. The van der Waals surface area contributed by atoms with Crippen molar-refractivity contribution in [2.45, 2.75) is 52.5 Å². The normalized spacial score (nSPS) is 28.3. The summed E-state index contributed by atoms with van der Waals surface area (Å²) in [4.78, 5) is 2.29. The van der Waals surface area contributed by atoms with Crippen molar-refractivity contribution in [3.05, 3.63) is 0 Å². The molecule has 3 nitrogen and oxygen atoms in total. The van der Waals surface area contributed by atoms with E-state index in [1.165, 1.54) is 25.7 Å². The monoisotopic (exact) mass is 270 g/mol. The van der Waals surface area contributed by atoms with Crippen LogP contribution in [0.5, 0.6) is 0 Å². The van der Waals surface area contributed by atoms with E-state index in [2.05, 4.69) is 38.0 Å². The second kappa shape index (κ2) is 8.93. The zero-order valence-electron chi connectivity index (χ0n) is 13.4. The number of aliphatic hydroxyl groups excluding tert-OH is 1. The van der Waals surface area contributed by atoms with Crippen molar-refractivity contribution < 1.29 is 5.11 Å². The van der Waals surface area contributed by atoms with E-state index in [1.807, 2.05) is 0 Å². The van der Waals surface area contributed by atoms with E-state index in [4.69, 9.17) is 5.11 Å². The molecular weight excluding hydrogens is 236 g/mol. The molecule has 0 aromatic carbocycles. The summed E-state index contributed by atoms with van der Waals surface area (Å²) in [6.45, 7) is 10.3. The summed E-state index contributed by atoms with van der Waals surface area (Å²) in [7, 11) is 2.13. The zero-order chi connectivity index (χ0) is 14.3. The number of likely N-dealkylation sites (N-methyl/N-ethyl adjacent to an activating group) is 1. The molecule has 3 unspecified atom stereocenters. The standard InChI is InChI=1S/C16H34N2O/c1-5-8-17-16-7-6-14(13(2)3)11-15(16)12-18(4)9-10-19/h13-17,19H,5-12H2,1-4H3. The molecule has 1 aliphatic rings. The predicted octanol–water partition coefficient (Wildman–Crippen LogP) is 2.35. The lowest BCUT2D eigenvalue weighted by Crippen LogP contribution is -2.46. The second-order valence-electron chi connectivity index (χ2n) is 6.62. The molecular formula is C16H34N2O. The molecule has 0 aromatic rings. The van der Waals surface area contributed by atoms with Gasteiger partial charge in [-0.25, -0.2) is 0 Å². The molecule has 0 saturated heterocycles. The molecule has 0 aliphatic heterocycles. The van der Waals surface area contributed by atoms with Gasteiger partial charge in [0, 0.05) is 19.1 Å². The van der Waals surface area contributed by atoms with Crippen LogP contribution in [-0.4, -0.2) is 49.3 Å². The van der Waals surface area contributed by atoms with Crippen molar-refractivity contribution in [3.8, 4) is 0 Å². The maximum atomic E-state index is 9.06. The summed E-state index contributed by atoms with van der Waals surface area (Å²) < 4.78 is 0. The van der Waals surface area contributed by atoms with Gasteiger partial charge in [-0.15, -0.1) is 0 Å². The van der Waals surface area contributed by atoms with Gasteiger partial charge in [0.05, 0.1) is 6.61 Å². The van der Waals surface area contributed by atoms with Crippen molar-refractivity contribution in [3.63, 3.8) is 0 Å². The summed E-state index contributed by atoms with van der Waals surface area (Å²) in [5, 5.41) is 12.8. The number of hydrogen-bond acceptors (Lipinski definition) is 3. The minimum atomic E-state index is 0.268. The van der Waals surface area contributed by atoms with Gasteiger partial charge in [0.25, 0.3) is 0 Å². The maximum absolute atomic E-state index is 9.06. The summed E-state index contributed by atoms with van der Waals surface area (Å²) >= 11 is 0. The predicted molar refractivity (Wildman–Crippen MR) is 82.3 cm³/mol. The molecule has 0 spiro atoms. The fourth-order valence-corrected chi connectivity index (χ4v) is 3.37. The Morgan fingerprint density at radius 1 is 1.32 bits per heavy atom. The van der Waals surface area contributed by atoms with Crippen LogP contribution in [-0.2, 0) is 0 Å². The fraction of sp³-hybridized carbons (Fsp3) is 1.00. The van der Waals surface area contributed by atoms with Gasteiger partial charge < -0.3 is 15.3 Å². The zero-order valence-corrected chi connectivity index (χ0v) is 13.4. The van der Waals surface area contributed by atoms with Crippen LogP contribution in [0.1, 0.15) is 46.5 Å².